The van der Waals surface area contributed by atoms with E-state index in [0.29, 0.717) is 6.42 Å². The van der Waals surface area contributed by atoms with E-state index in [0.717, 1.165) is 47.5 Å². The molecule has 0 spiro atoms. The van der Waals surface area contributed by atoms with Crippen molar-refractivity contribution in [2.45, 2.75) is 125 Å². The van der Waals surface area contributed by atoms with E-state index in [1.54, 1.807) is 7.11 Å². The van der Waals surface area contributed by atoms with E-state index in [4.69, 9.17) is 15.2 Å². The second-order valence-electron chi connectivity index (χ2n) is 14.7. The summed E-state index contributed by atoms with van der Waals surface area (Å²) < 4.78 is 12.4. The third kappa shape index (κ3) is 8.25. The van der Waals surface area contributed by atoms with Crippen LogP contribution >= 0.6 is 0 Å². The molecule has 4 heteroatoms. The third-order valence-corrected chi connectivity index (χ3v) is 8.32. The molecule has 0 bridgehead atoms. The molecule has 2 rings (SSSR count). The zero-order valence-electron chi connectivity index (χ0n) is 27.1. The number of rotatable bonds is 11. The third-order valence-electron chi connectivity index (χ3n) is 8.32. The highest BCUT2D eigenvalue weighted by Gasteiger charge is 2.30. The Kier molecular flexibility index (Phi) is 10.0. The maximum absolute atomic E-state index is 11.8. The van der Waals surface area contributed by atoms with Crippen molar-refractivity contribution >= 4 is 5.91 Å². The standard InChI is InChI=1S/C35H55NO3/c1-14-34(9,10)21-25-19-26(32(3,4)5)17-23(30(25)39-22-29(36)37)16-24-18-27(33(6,7)8)20-28(31(24)38-13)35(11,12)15-2/h17-20H,14-16,21-22H2,1-13H3,(H2,36,37). The SMILES string of the molecule is CCC(C)(C)Cc1cc(C(C)(C)C)cc(Cc2cc(C(C)(C)C)cc(C(C)(C)CC)c2OC)c1OCC(N)=O. The number of benzene rings is 2. The van der Waals surface area contributed by atoms with Crippen LogP contribution in [0.15, 0.2) is 24.3 Å². The molecule has 2 aromatic carbocycles. The molecule has 0 atom stereocenters. The Hall–Kier alpha value is -2.49. The van der Waals surface area contributed by atoms with Crippen LogP contribution in [0.25, 0.3) is 0 Å². The highest BCUT2D eigenvalue weighted by molar-refractivity contribution is 5.75. The van der Waals surface area contributed by atoms with Gasteiger partial charge in [-0.3, -0.25) is 4.79 Å². The van der Waals surface area contributed by atoms with Crippen LogP contribution in [0.3, 0.4) is 0 Å². The molecule has 0 aromatic heterocycles. The van der Waals surface area contributed by atoms with E-state index in [2.05, 4.69) is 107 Å². The summed E-state index contributed by atoms with van der Waals surface area (Å²) in [5, 5.41) is 0. The summed E-state index contributed by atoms with van der Waals surface area (Å²) in [6.07, 6.45) is 3.52. The first-order valence-corrected chi connectivity index (χ1v) is 14.5. The van der Waals surface area contributed by atoms with Gasteiger partial charge in [-0.25, -0.2) is 0 Å². The Labute approximate surface area is 239 Å². The molecule has 0 unspecified atom stereocenters. The number of hydrogen-bond donors (Lipinski definition) is 1. The van der Waals surface area contributed by atoms with Gasteiger partial charge in [-0.15, -0.1) is 0 Å². The minimum Gasteiger partial charge on any atom is -0.496 e. The van der Waals surface area contributed by atoms with Gasteiger partial charge in [0.05, 0.1) is 7.11 Å². The van der Waals surface area contributed by atoms with Crippen molar-refractivity contribution in [1.82, 2.24) is 0 Å². The zero-order chi connectivity index (χ0) is 30.0. The second-order valence-corrected chi connectivity index (χ2v) is 14.7. The Morgan fingerprint density at radius 2 is 1.23 bits per heavy atom. The molecule has 218 valence electrons. The number of primary amides is 1. The van der Waals surface area contributed by atoms with Gasteiger partial charge in [-0.05, 0) is 62.3 Å². The molecule has 1 amide bonds. The summed E-state index contributed by atoms with van der Waals surface area (Å²) in [6.45, 7) is 26.9. The minimum atomic E-state index is -0.471. The monoisotopic (exact) mass is 537 g/mol. The minimum absolute atomic E-state index is 0.0194. The fourth-order valence-electron chi connectivity index (χ4n) is 4.81. The number of methoxy groups -OCH3 is 1. The number of nitrogens with two attached hydrogens (primary N) is 1. The maximum Gasteiger partial charge on any atom is 0.255 e. The molecule has 0 aliphatic rings. The Balaban J connectivity index is 2.93. The van der Waals surface area contributed by atoms with Gasteiger partial charge in [-0.2, -0.15) is 0 Å². The number of carbonyl (C=O) groups excluding carboxylic acids is 1. The molecule has 0 aliphatic carbocycles. The first-order chi connectivity index (χ1) is 17.8. The van der Waals surface area contributed by atoms with Gasteiger partial charge in [0.1, 0.15) is 11.5 Å². The van der Waals surface area contributed by atoms with Crippen molar-refractivity contribution in [1.29, 1.82) is 0 Å². The second kappa shape index (κ2) is 11.9. The van der Waals surface area contributed by atoms with E-state index in [1.165, 1.54) is 16.7 Å². The lowest BCUT2D eigenvalue weighted by Crippen LogP contribution is -2.23. The maximum atomic E-state index is 11.8. The van der Waals surface area contributed by atoms with Crippen LogP contribution in [-0.4, -0.2) is 19.6 Å². The quantitative estimate of drug-likeness (QED) is 0.313. The highest BCUT2D eigenvalue weighted by atomic mass is 16.5. The molecule has 0 radical (unpaired) electrons. The van der Waals surface area contributed by atoms with Crippen LogP contribution in [0.1, 0.15) is 129 Å². The average molecular weight is 538 g/mol. The van der Waals surface area contributed by atoms with Gasteiger partial charge in [-0.1, -0.05) is 114 Å². The Morgan fingerprint density at radius 1 is 0.744 bits per heavy atom. The van der Waals surface area contributed by atoms with Crippen LogP contribution in [0.5, 0.6) is 11.5 Å². The van der Waals surface area contributed by atoms with Crippen molar-refractivity contribution in [3.63, 3.8) is 0 Å². The molecule has 39 heavy (non-hydrogen) atoms. The van der Waals surface area contributed by atoms with Gasteiger partial charge < -0.3 is 15.2 Å². The van der Waals surface area contributed by atoms with Gasteiger partial charge in [0.15, 0.2) is 6.61 Å². The Bertz CT molecular complexity index is 1160. The Morgan fingerprint density at radius 3 is 1.67 bits per heavy atom. The van der Waals surface area contributed by atoms with E-state index in [-0.39, 0.29) is 28.3 Å². The largest absolute Gasteiger partial charge is 0.496 e. The van der Waals surface area contributed by atoms with Crippen LogP contribution in [0, 0.1) is 5.41 Å². The van der Waals surface area contributed by atoms with Crippen LogP contribution in [0.2, 0.25) is 0 Å². The van der Waals surface area contributed by atoms with E-state index in [9.17, 15) is 4.79 Å². The lowest BCUT2D eigenvalue weighted by atomic mass is 9.75. The molecular weight excluding hydrogens is 482 g/mol. The van der Waals surface area contributed by atoms with Crippen LogP contribution in [-0.2, 0) is 33.9 Å². The van der Waals surface area contributed by atoms with Gasteiger partial charge in [0.2, 0.25) is 0 Å². The molecular formula is C35H55NO3. The van der Waals surface area contributed by atoms with Crippen LogP contribution in [0.4, 0.5) is 0 Å². The van der Waals surface area contributed by atoms with Crippen molar-refractivity contribution in [2.75, 3.05) is 13.7 Å². The molecule has 0 aliphatic heterocycles. The number of carbonyl (C=O) groups is 1. The van der Waals surface area contributed by atoms with Crippen LogP contribution < -0.4 is 15.2 Å². The summed E-state index contributed by atoms with van der Waals surface area (Å²) in [7, 11) is 1.77. The van der Waals surface area contributed by atoms with Gasteiger partial charge >= 0.3 is 0 Å². The summed E-state index contributed by atoms with van der Waals surface area (Å²) >= 11 is 0. The molecule has 0 heterocycles. The fourth-order valence-corrected chi connectivity index (χ4v) is 4.81. The van der Waals surface area contributed by atoms with Crippen molar-refractivity contribution in [2.24, 2.45) is 11.1 Å². The first kappa shape index (κ1) is 32.7. The predicted molar refractivity (Wildman–Crippen MR) is 165 cm³/mol. The van der Waals surface area contributed by atoms with E-state index < -0.39 is 5.91 Å². The van der Waals surface area contributed by atoms with Gasteiger partial charge in [0.25, 0.3) is 5.91 Å². The summed E-state index contributed by atoms with van der Waals surface area (Å²) in [6, 6.07) is 9.15. The summed E-state index contributed by atoms with van der Waals surface area (Å²) in [5.74, 6) is 1.25. The lowest BCUT2D eigenvalue weighted by molar-refractivity contribution is -0.119. The lowest BCUT2D eigenvalue weighted by Gasteiger charge is -2.31. The predicted octanol–water partition coefficient (Wildman–Crippen LogP) is 8.41. The molecule has 2 N–H and O–H groups in total. The highest BCUT2D eigenvalue weighted by Crippen LogP contribution is 2.43. The molecule has 2 aromatic rings. The molecule has 4 nitrogen and oxygen atoms in total. The smallest absolute Gasteiger partial charge is 0.255 e. The average Bonchev–Trinajstić information content (AvgIpc) is 2.81. The van der Waals surface area contributed by atoms with Crippen molar-refractivity contribution < 1.29 is 14.3 Å². The van der Waals surface area contributed by atoms with E-state index >= 15 is 0 Å². The van der Waals surface area contributed by atoms with E-state index in [1.807, 2.05) is 0 Å². The number of hydrogen-bond acceptors (Lipinski definition) is 3. The molecule has 0 fully saturated rings. The normalized spacial score (nSPS) is 12.9. The number of ether oxygens (including phenoxy) is 2. The van der Waals surface area contributed by atoms with Crippen molar-refractivity contribution in [3.8, 4) is 11.5 Å². The topological polar surface area (TPSA) is 61.6 Å². The summed E-state index contributed by atoms with van der Waals surface area (Å²) in [5.41, 5.74) is 12.6. The summed E-state index contributed by atoms with van der Waals surface area (Å²) in [4.78, 5) is 11.8. The first-order valence-electron chi connectivity index (χ1n) is 14.5. The van der Waals surface area contributed by atoms with Gasteiger partial charge in [0, 0.05) is 12.0 Å². The zero-order valence-corrected chi connectivity index (χ0v) is 27.1. The molecule has 0 saturated carbocycles. The molecule has 0 saturated heterocycles. The fraction of sp³-hybridized carbons (Fsp3) is 0.629. The van der Waals surface area contributed by atoms with Crippen molar-refractivity contribution in [3.05, 3.63) is 57.6 Å². The number of amides is 1.